The zero-order valence-corrected chi connectivity index (χ0v) is 18.6. The average Bonchev–Trinajstić information content (AvgIpc) is 2.77. The van der Waals surface area contributed by atoms with Gasteiger partial charge in [0.25, 0.3) is 0 Å². The summed E-state index contributed by atoms with van der Waals surface area (Å²) in [5.41, 5.74) is 6.64. The van der Waals surface area contributed by atoms with Crippen LogP contribution >= 0.6 is 11.6 Å². The van der Waals surface area contributed by atoms with Crippen molar-refractivity contribution < 1.29 is 9.59 Å². The molecular formula is C23H34ClN4O2. The molecule has 0 unspecified atom stereocenters. The summed E-state index contributed by atoms with van der Waals surface area (Å²) in [4.78, 5) is 28.8. The normalized spacial score (nSPS) is 19.8. The predicted octanol–water partition coefficient (Wildman–Crippen LogP) is 2.25. The number of nitrogens with zero attached hydrogens (tertiary/aromatic N) is 2. The van der Waals surface area contributed by atoms with Gasteiger partial charge in [0.15, 0.2) is 0 Å². The van der Waals surface area contributed by atoms with E-state index in [1.165, 1.54) is 0 Å². The summed E-state index contributed by atoms with van der Waals surface area (Å²) < 4.78 is 0. The first-order valence-corrected chi connectivity index (χ1v) is 11.4. The van der Waals surface area contributed by atoms with E-state index in [1.54, 1.807) is 6.42 Å². The number of rotatable bonds is 8. The van der Waals surface area contributed by atoms with Gasteiger partial charge in [0.1, 0.15) is 0 Å². The van der Waals surface area contributed by atoms with E-state index in [4.69, 9.17) is 17.3 Å². The average molecular weight is 434 g/mol. The smallest absolute Gasteiger partial charge is 0.226 e. The molecule has 3 N–H and O–H groups in total. The van der Waals surface area contributed by atoms with Gasteiger partial charge in [-0.1, -0.05) is 30.7 Å². The minimum Gasteiger partial charge on any atom is -0.369 e. The Bertz CT molecular complexity index is 698. The highest BCUT2D eigenvalue weighted by Crippen LogP contribution is 2.24. The molecule has 2 aliphatic heterocycles. The Labute approximate surface area is 185 Å². The Kier molecular flexibility index (Phi) is 8.54. The molecule has 2 saturated heterocycles. The number of likely N-dealkylation sites (tertiary alicyclic amines) is 1. The van der Waals surface area contributed by atoms with Crippen molar-refractivity contribution in [3.8, 4) is 0 Å². The summed E-state index contributed by atoms with van der Waals surface area (Å²) in [7, 11) is 0. The highest BCUT2D eigenvalue weighted by atomic mass is 35.5. The van der Waals surface area contributed by atoms with Crippen LogP contribution in [-0.2, 0) is 16.0 Å². The van der Waals surface area contributed by atoms with Crippen LogP contribution in [-0.4, -0.2) is 66.4 Å². The van der Waals surface area contributed by atoms with Crippen molar-refractivity contribution in [1.29, 1.82) is 0 Å². The Morgan fingerprint density at radius 3 is 2.37 bits per heavy atom. The van der Waals surface area contributed by atoms with Gasteiger partial charge in [-0.2, -0.15) is 0 Å². The zero-order chi connectivity index (χ0) is 21.5. The van der Waals surface area contributed by atoms with E-state index in [0.717, 1.165) is 57.4 Å². The number of hydrogen-bond donors (Lipinski definition) is 2. The number of carbonyl (C=O) groups is 2. The molecule has 1 radical (unpaired) electrons. The fraction of sp³-hybridized carbons (Fsp3) is 0.609. The Balaban J connectivity index is 1.52. The van der Waals surface area contributed by atoms with Crippen LogP contribution in [0.4, 0.5) is 0 Å². The first-order valence-electron chi connectivity index (χ1n) is 11.1. The van der Waals surface area contributed by atoms with Gasteiger partial charge in [0.2, 0.25) is 11.8 Å². The molecule has 7 heteroatoms. The lowest BCUT2D eigenvalue weighted by atomic mass is 9.95. The number of nitrogens with two attached hydrogens (primary N) is 1. The van der Waals surface area contributed by atoms with E-state index in [9.17, 15) is 9.59 Å². The maximum Gasteiger partial charge on any atom is 0.226 e. The summed E-state index contributed by atoms with van der Waals surface area (Å²) in [5.74, 6) is -0.298. The minimum atomic E-state index is -0.238. The zero-order valence-electron chi connectivity index (χ0n) is 17.9. The van der Waals surface area contributed by atoms with E-state index < -0.39 is 0 Å². The number of carbonyl (C=O) groups excluding carboxylic acids is 2. The summed E-state index contributed by atoms with van der Waals surface area (Å²) in [6, 6.07) is 8.49. The number of halogens is 1. The Hall–Kier alpha value is -1.63. The quantitative estimate of drug-likeness (QED) is 0.659. The number of hydrogen-bond acceptors (Lipinski definition) is 4. The third kappa shape index (κ3) is 6.43. The van der Waals surface area contributed by atoms with Crippen LogP contribution in [0.25, 0.3) is 0 Å². The first kappa shape index (κ1) is 23.0. The van der Waals surface area contributed by atoms with E-state index in [-0.39, 0.29) is 17.7 Å². The topological polar surface area (TPSA) is 78.7 Å². The fourth-order valence-corrected chi connectivity index (χ4v) is 4.64. The van der Waals surface area contributed by atoms with Gasteiger partial charge in [-0.15, -0.1) is 0 Å². The van der Waals surface area contributed by atoms with Crippen molar-refractivity contribution in [1.82, 2.24) is 15.1 Å². The SMILES string of the molecule is C[C@H](CN(C1CCNCC1)C1CCN(C(=O)[CH]Cc2ccc(Cl)cc2)CC1)C(N)=O. The summed E-state index contributed by atoms with van der Waals surface area (Å²) >= 11 is 5.92. The van der Waals surface area contributed by atoms with Crippen LogP contribution in [0.1, 0.15) is 38.2 Å². The Morgan fingerprint density at radius 2 is 1.77 bits per heavy atom. The second kappa shape index (κ2) is 11.1. The largest absolute Gasteiger partial charge is 0.369 e. The Morgan fingerprint density at radius 1 is 1.17 bits per heavy atom. The molecule has 1 aromatic rings. The summed E-state index contributed by atoms with van der Waals surface area (Å²) in [6.45, 7) is 6.17. The molecular weight excluding hydrogens is 400 g/mol. The van der Waals surface area contributed by atoms with E-state index >= 15 is 0 Å². The third-order valence-corrected chi connectivity index (χ3v) is 6.67. The number of piperidine rings is 2. The van der Waals surface area contributed by atoms with E-state index in [1.807, 2.05) is 36.1 Å². The van der Waals surface area contributed by atoms with Crippen LogP contribution < -0.4 is 11.1 Å². The number of primary amides is 1. The highest BCUT2D eigenvalue weighted by molar-refractivity contribution is 6.30. The van der Waals surface area contributed by atoms with Gasteiger partial charge in [0, 0.05) is 42.7 Å². The van der Waals surface area contributed by atoms with Gasteiger partial charge < -0.3 is 16.0 Å². The maximum absolute atomic E-state index is 12.6. The van der Waals surface area contributed by atoms with Gasteiger partial charge in [0.05, 0.1) is 6.42 Å². The molecule has 0 aliphatic carbocycles. The lowest BCUT2D eigenvalue weighted by Gasteiger charge is -2.44. The van der Waals surface area contributed by atoms with Crippen molar-refractivity contribution in [3.05, 3.63) is 41.3 Å². The lowest BCUT2D eigenvalue weighted by molar-refractivity contribution is -0.129. The molecule has 0 aromatic heterocycles. The van der Waals surface area contributed by atoms with Crippen LogP contribution in [0.2, 0.25) is 5.02 Å². The van der Waals surface area contributed by atoms with Crippen molar-refractivity contribution >= 4 is 23.4 Å². The van der Waals surface area contributed by atoms with Crippen LogP contribution in [0.15, 0.2) is 24.3 Å². The van der Waals surface area contributed by atoms with Crippen LogP contribution in [0.5, 0.6) is 0 Å². The van der Waals surface area contributed by atoms with Crippen molar-refractivity contribution in [3.63, 3.8) is 0 Å². The van der Waals surface area contributed by atoms with E-state index in [0.29, 0.717) is 30.1 Å². The molecule has 1 atom stereocenters. The lowest BCUT2D eigenvalue weighted by Crippen LogP contribution is -2.54. The molecule has 0 bridgehead atoms. The maximum atomic E-state index is 12.6. The molecule has 2 aliphatic rings. The summed E-state index contributed by atoms with van der Waals surface area (Å²) in [5, 5.41) is 4.12. The molecule has 1 aromatic carbocycles. The van der Waals surface area contributed by atoms with Gasteiger partial charge in [-0.05, 0) is 62.9 Å². The number of benzene rings is 1. The van der Waals surface area contributed by atoms with Crippen LogP contribution in [0, 0.1) is 12.3 Å². The molecule has 165 valence electrons. The van der Waals surface area contributed by atoms with Crippen molar-refractivity contribution in [2.24, 2.45) is 11.7 Å². The minimum absolute atomic E-state index is 0.0994. The van der Waals surface area contributed by atoms with E-state index in [2.05, 4.69) is 10.2 Å². The number of amides is 2. The van der Waals surface area contributed by atoms with Gasteiger partial charge >= 0.3 is 0 Å². The molecule has 6 nitrogen and oxygen atoms in total. The molecule has 0 spiro atoms. The molecule has 2 heterocycles. The fourth-order valence-electron chi connectivity index (χ4n) is 4.51. The van der Waals surface area contributed by atoms with Crippen molar-refractivity contribution in [2.45, 2.75) is 51.1 Å². The monoisotopic (exact) mass is 433 g/mol. The second-order valence-electron chi connectivity index (χ2n) is 8.57. The summed E-state index contributed by atoms with van der Waals surface area (Å²) in [6.07, 6.45) is 6.46. The predicted molar refractivity (Wildman–Crippen MR) is 120 cm³/mol. The molecule has 2 fully saturated rings. The molecule has 30 heavy (non-hydrogen) atoms. The van der Waals surface area contributed by atoms with Crippen molar-refractivity contribution in [2.75, 3.05) is 32.7 Å². The first-order chi connectivity index (χ1) is 14.4. The molecule has 2 amide bonds. The molecule has 3 rings (SSSR count). The van der Waals surface area contributed by atoms with Crippen LogP contribution in [0.3, 0.4) is 0 Å². The standard InChI is InChI=1S/C23H34ClN4O2/c1-17(23(25)30)16-28(20-8-12-26-13-9-20)21-10-14-27(15-11-21)22(29)7-4-18-2-5-19(24)6-3-18/h2-3,5-7,17,20-21,26H,4,8-16H2,1H3,(H2,25,30)/t17-/m1/s1. The third-order valence-electron chi connectivity index (χ3n) is 6.42. The number of nitrogens with one attached hydrogen (secondary N) is 1. The molecule has 0 saturated carbocycles. The highest BCUT2D eigenvalue weighted by Gasteiger charge is 2.33. The second-order valence-corrected chi connectivity index (χ2v) is 9.01. The van der Waals surface area contributed by atoms with Gasteiger partial charge in [-0.3, -0.25) is 14.5 Å². The van der Waals surface area contributed by atoms with Gasteiger partial charge in [-0.25, -0.2) is 0 Å².